The summed E-state index contributed by atoms with van der Waals surface area (Å²) in [7, 11) is -0.967. The zero-order chi connectivity index (χ0) is 15.5. The molecule has 112 valence electrons. The molecule has 1 atom stereocenters. The molecule has 0 saturated carbocycles. The number of ether oxygens (including phenoxy) is 1. The lowest BCUT2D eigenvalue weighted by atomic mass is 10.1. The first kappa shape index (κ1) is 16.6. The maximum atomic E-state index is 12.4. The number of carbonyl (C=O) groups is 1. The normalized spacial score (nSPS) is 13.3. The first-order valence-electron chi connectivity index (χ1n) is 6.12. The molecule has 0 aromatic heterocycles. The van der Waals surface area contributed by atoms with Gasteiger partial charge in [0.05, 0.1) is 17.6 Å². The predicted octanol–water partition coefficient (Wildman–Crippen LogP) is 0.749. The highest BCUT2D eigenvalue weighted by Crippen LogP contribution is 2.20. The van der Waals surface area contributed by atoms with Gasteiger partial charge in [-0.3, -0.25) is 0 Å². The van der Waals surface area contributed by atoms with Crippen molar-refractivity contribution >= 4 is 16.0 Å². The summed E-state index contributed by atoms with van der Waals surface area (Å²) in [5, 5.41) is 0. The summed E-state index contributed by atoms with van der Waals surface area (Å²) in [4.78, 5) is 11.7. The van der Waals surface area contributed by atoms with E-state index >= 15 is 0 Å². The topological polar surface area (TPSA) is 89.7 Å². The van der Waals surface area contributed by atoms with Gasteiger partial charge in [0.15, 0.2) is 0 Å². The van der Waals surface area contributed by atoms with Crippen LogP contribution in [0.2, 0.25) is 0 Å². The van der Waals surface area contributed by atoms with Crippen LogP contribution in [0.3, 0.4) is 0 Å². The fourth-order valence-corrected chi connectivity index (χ4v) is 3.04. The maximum absolute atomic E-state index is 12.4. The second kappa shape index (κ2) is 6.34. The molecule has 0 amide bonds. The van der Waals surface area contributed by atoms with Crippen LogP contribution in [-0.2, 0) is 14.8 Å². The Morgan fingerprint density at radius 3 is 2.55 bits per heavy atom. The molecule has 7 heteroatoms. The van der Waals surface area contributed by atoms with E-state index in [9.17, 15) is 13.2 Å². The number of rotatable bonds is 5. The number of hydrogen-bond acceptors (Lipinski definition) is 5. The summed E-state index contributed by atoms with van der Waals surface area (Å²) in [6.45, 7) is 3.65. The SMILES string of the molecule is COC(=O)c1cc(S(=O)(=O)N(C)C(C)CN)ccc1C. The van der Waals surface area contributed by atoms with Gasteiger partial charge in [-0.05, 0) is 31.5 Å². The van der Waals surface area contributed by atoms with Gasteiger partial charge in [-0.15, -0.1) is 0 Å². The monoisotopic (exact) mass is 300 g/mol. The third kappa shape index (κ3) is 3.17. The Hall–Kier alpha value is -1.44. The highest BCUT2D eigenvalue weighted by Gasteiger charge is 2.26. The summed E-state index contributed by atoms with van der Waals surface area (Å²) in [6, 6.07) is 4.05. The maximum Gasteiger partial charge on any atom is 0.338 e. The van der Waals surface area contributed by atoms with Crippen LogP contribution in [0, 0.1) is 6.92 Å². The summed E-state index contributed by atoms with van der Waals surface area (Å²) < 4.78 is 30.7. The van der Waals surface area contributed by atoms with Crippen molar-refractivity contribution in [3.8, 4) is 0 Å². The zero-order valence-corrected chi connectivity index (χ0v) is 12.9. The second-order valence-corrected chi connectivity index (χ2v) is 6.57. The van der Waals surface area contributed by atoms with Crippen LogP contribution in [0.1, 0.15) is 22.8 Å². The summed E-state index contributed by atoms with van der Waals surface area (Å²) in [5.74, 6) is -0.561. The van der Waals surface area contributed by atoms with Crippen LogP contribution < -0.4 is 5.73 Å². The molecule has 0 aliphatic carbocycles. The molecule has 0 aliphatic heterocycles. The van der Waals surface area contributed by atoms with Crippen molar-refractivity contribution in [1.29, 1.82) is 0 Å². The molecule has 0 saturated heterocycles. The molecule has 0 spiro atoms. The average Bonchev–Trinajstić information content (AvgIpc) is 2.44. The van der Waals surface area contributed by atoms with E-state index in [4.69, 9.17) is 5.73 Å². The molecule has 0 bridgehead atoms. The molecule has 0 aliphatic rings. The predicted molar refractivity (Wildman–Crippen MR) is 76.0 cm³/mol. The fraction of sp³-hybridized carbons (Fsp3) is 0.462. The van der Waals surface area contributed by atoms with E-state index in [1.165, 1.54) is 30.6 Å². The largest absolute Gasteiger partial charge is 0.465 e. The number of aryl methyl sites for hydroxylation is 1. The van der Waals surface area contributed by atoms with Gasteiger partial charge in [-0.1, -0.05) is 6.07 Å². The van der Waals surface area contributed by atoms with E-state index in [2.05, 4.69) is 4.74 Å². The Bertz CT molecular complexity index is 598. The fourth-order valence-electron chi connectivity index (χ4n) is 1.64. The number of carbonyl (C=O) groups excluding carboxylic acids is 1. The molecule has 20 heavy (non-hydrogen) atoms. The number of likely N-dealkylation sites (N-methyl/N-ethyl adjacent to an activating group) is 1. The molecular weight excluding hydrogens is 280 g/mol. The molecule has 0 heterocycles. The third-order valence-corrected chi connectivity index (χ3v) is 5.22. The lowest BCUT2D eigenvalue weighted by Crippen LogP contribution is -2.39. The van der Waals surface area contributed by atoms with Crippen molar-refractivity contribution in [3.05, 3.63) is 29.3 Å². The Morgan fingerprint density at radius 2 is 2.05 bits per heavy atom. The van der Waals surface area contributed by atoms with Crippen molar-refractivity contribution in [1.82, 2.24) is 4.31 Å². The number of nitrogens with two attached hydrogens (primary N) is 1. The first-order valence-corrected chi connectivity index (χ1v) is 7.56. The Labute approximate surface area is 119 Å². The summed E-state index contributed by atoms with van der Waals surface area (Å²) >= 11 is 0. The second-order valence-electron chi connectivity index (χ2n) is 4.57. The van der Waals surface area contributed by atoms with Crippen molar-refractivity contribution in [2.24, 2.45) is 5.73 Å². The van der Waals surface area contributed by atoms with E-state index in [0.717, 1.165) is 0 Å². The molecule has 0 radical (unpaired) electrons. The molecule has 6 nitrogen and oxygen atoms in total. The van der Waals surface area contributed by atoms with Gasteiger partial charge >= 0.3 is 5.97 Å². The van der Waals surface area contributed by atoms with E-state index in [0.29, 0.717) is 5.56 Å². The molecule has 1 aromatic carbocycles. The molecule has 1 aromatic rings. The van der Waals surface area contributed by atoms with Gasteiger partial charge in [-0.2, -0.15) is 4.31 Å². The van der Waals surface area contributed by atoms with Crippen molar-refractivity contribution in [2.75, 3.05) is 20.7 Å². The lowest BCUT2D eigenvalue weighted by Gasteiger charge is -2.23. The van der Waals surface area contributed by atoms with Crippen LogP contribution in [0.5, 0.6) is 0 Å². The van der Waals surface area contributed by atoms with E-state index < -0.39 is 16.0 Å². The molecule has 1 unspecified atom stereocenters. The van der Waals surface area contributed by atoms with Gasteiger partial charge in [0, 0.05) is 19.6 Å². The van der Waals surface area contributed by atoms with Crippen LogP contribution in [0.15, 0.2) is 23.1 Å². The number of methoxy groups -OCH3 is 1. The van der Waals surface area contributed by atoms with E-state index in [1.54, 1.807) is 19.9 Å². The van der Waals surface area contributed by atoms with Gasteiger partial charge < -0.3 is 10.5 Å². The van der Waals surface area contributed by atoms with Gasteiger partial charge in [0.25, 0.3) is 0 Å². The van der Waals surface area contributed by atoms with E-state index in [1.807, 2.05) is 0 Å². The van der Waals surface area contributed by atoms with E-state index in [-0.39, 0.29) is 23.0 Å². The summed E-state index contributed by atoms with van der Waals surface area (Å²) in [6.07, 6.45) is 0. The number of hydrogen-bond donors (Lipinski definition) is 1. The quantitative estimate of drug-likeness (QED) is 0.810. The van der Waals surface area contributed by atoms with Gasteiger partial charge in [0.2, 0.25) is 10.0 Å². The van der Waals surface area contributed by atoms with Crippen LogP contribution in [0.25, 0.3) is 0 Å². The Balaban J connectivity index is 3.30. The zero-order valence-electron chi connectivity index (χ0n) is 12.1. The van der Waals surface area contributed by atoms with Crippen LogP contribution in [-0.4, -0.2) is 45.4 Å². The van der Waals surface area contributed by atoms with Crippen molar-refractivity contribution < 1.29 is 17.9 Å². The molecule has 1 rings (SSSR count). The number of benzene rings is 1. The standard InChI is InChI=1S/C13H20N2O4S/c1-9-5-6-11(7-12(9)13(16)19-4)20(17,18)15(3)10(2)8-14/h5-7,10H,8,14H2,1-4H3. The highest BCUT2D eigenvalue weighted by molar-refractivity contribution is 7.89. The van der Waals surface area contributed by atoms with Crippen LogP contribution >= 0.6 is 0 Å². The third-order valence-electron chi connectivity index (χ3n) is 3.25. The number of nitrogens with zero attached hydrogens (tertiary/aromatic N) is 1. The number of esters is 1. The molecule has 0 fully saturated rings. The molecule has 2 N–H and O–H groups in total. The minimum Gasteiger partial charge on any atom is -0.465 e. The van der Waals surface area contributed by atoms with Crippen molar-refractivity contribution in [2.45, 2.75) is 24.8 Å². The number of sulfonamides is 1. The highest BCUT2D eigenvalue weighted by atomic mass is 32.2. The molecular formula is C13H20N2O4S. The first-order chi connectivity index (χ1) is 9.25. The average molecular weight is 300 g/mol. The summed E-state index contributed by atoms with van der Waals surface area (Å²) in [5.41, 5.74) is 6.39. The Morgan fingerprint density at radius 1 is 1.45 bits per heavy atom. The van der Waals surface area contributed by atoms with Crippen molar-refractivity contribution in [3.63, 3.8) is 0 Å². The lowest BCUT2D eigenvalue weighted by molar-refractivity contribution is 0.0599. The Kier molecular flexibility index (Phi) is 5.27. The minimum absolute atomic E-state index is 0.0475. The smallest absolute Gasteiger partial charge is 0.338 e. The van der Waals surface area contributed by atoms with Crippen LogP contribution in [0.4, 0.5) is 0 Å². The van der Waals surface area contributed by atoms with Gasteiger partial charge in [-0.25, -0.2) is 13.2 Å². The minimum atomic E-state index is -3.69. The van der Waals surface area contributed by atoms with Gasteiger partial charge in [0.1, 0.15) is 0 Å².